The zero-order valence-electron chi connectivity index (χ0n) is 22.1. The maximum atomic E-state index is 6.75. The molecule has 0 heterocycles. The second-order valence-electron chi connectivity index (χ2n) is 10.1. The number of methoxy groups -OCH3 is 1. The Bertz CT molecular complexity index is 1100. The van der Waals surface area contributed by atoms with Crippen LogP contribution in [0.15, 0.2) is 103 Å². The molecule has 1 fully saturated rings. The highest BCUT2D eigenvalue weighted by molar-refractivity contribution is 5.18. The third-order valence-corrected chi connectivity index (χ3v) is 7.58. The van der Waals surface area contributed by atoms with E-state index in [0.29, 0.717) is 26.4 Å². The third-order valence-electron chi connectivity index (χ3n) is 7.58. The molecule has 2 aliphatic rings. The average Bonchev–Trinajstić information content (AvgIpc) is 3.28. The maximum Gasteiger partial charge on any atom is 0.146 e. The molecule has 0 bridgehead atoms. The fourth-order valence-corrected chi connectivity index (χ4v) is 5.81. The van der Waals surface area contributed by atoms with Crippen molar-refractivity contribution in [3.63, 3.8) is 0 Å². The van der Waals surface area contributed by atoms with Gasteiger partial charge in [0.2, 0.25) is 0 Å². The lowest BCUT2D eigenvalue weighted by molar-refractivity contribution is -0.133. The molecule has 1 saturated carbocycles. The van der Waals surface area contributed by atoms with Gasteiger partial charge in [-0.15, -0.1) is 0 Å². The maximum absolute atomic E-state index is 6.75. The van der Waals surface area contributed by atoms with Crippen molar-refractivity contribution in [3.05, 3.63) is 120 Å². The Hall–Kier alpha value is -2.80. The summed E-state index contributed by atoms with van der Waals surface area (Å²) in [6, 6.07) is 31.0. The summed E-state index contributed by atoms with van der Waals surface area (Å²) in [5.74, 6) is 0.668. The molecule has 5 rings (SSSR count). The molecule has 200 valence electrons. The van der Waals surface area contributed by atoms with Crippen LogP contribution in [0.2, 0.25) is 0 Å². The molecule has 0 aliphatic heterocycles. The quantitative estimate of drug-likeness (QED) is 0.155. The number of ether oxygens (including phenoxy) is 5. The normalized spacial score (nSPS) is 26.3. The van der Waals surface area contributed by atoms with E-state index in [1.807, 2.05) is 30.3 Å². The fraction of sp³-hybridized carbons (Fsp3) is 0.394. The molecule has 0 unspecified atom stereocenters. The molecule has 2 aliphatic carbocycles. The summed E-state index contributed by atoms with van der Waals surface area (Å²) in [7, 11) is 1.66. The minimum Gasteiger partial charge on any atom is -0.370 e. The van der Waals surface area contributed by atoms with Crippen molar-refractivity contribution >= 4 is 0 Å². The van der Waals surface area contributed by atoms with Crippen LogP contribution in [-0.4, -0.2) is 38.8 Å². The minimum absolute atomic E-state index is 0.133. The van der Waals surface area contributed by atoms with Crippen LogP contribution in [0.5, 0.6) is 0 Å². The summed E-state index contributed by atoms with van der Waals surface area (Å²) in [4.78, 5) is 0. The summed E-state index contributed by atoms with van der Waals surface area (Å²) in [5.41, 5.74) is 3.44. The van der Waals surface area contributed by atoms with Crippen LogP contribution in [-0.2, 0) is 43.5 Å². The van der Waals surface area contributed by atoms with Gasteiger partial charge in [0.25, 0.3) is 0 Å². The topological polar surface area (TPSA) is 46.2 Å². The molecular formula is C33H38O5. The van der Waals surface area contributed by atoms with Crippen molar-refractivity contribution in [3.8, 4) is 0 Å². The van der Waals surface area contributed by atoms with Gasteiger partial charge < -0.3 is 23.7 Å². The number of fused-ring (bicyclic) bond motifs is 1. The van der Waals surface area contributed by atoms with Gasteiger partial charge in [-0.25, -0.2) is 0 Å². The van der Waals surface area contributed by atoms with E-state index in [-0.39, 0.29) is 42.9 Å². The van der Waals surface area contributed by atoms with Gasteiger partial charge in [0.05, 0.1) is 38.6 Å². The van der Waals surface area contributed by atoms with E-state index in [1.165, 1.54) is 0 Å². The van der Waals surface area contributed by atoms with Gasteiger partial charge in [-0.1, -0.05) is 103 Å². The van der Waals surface area contributed by atoms with Gasteiger partial charge in [0, 0.05) is 18.9 Å². The zero-order chi connectivity index (χ0) is 26.0. The Kier molecular flexibility index (Phi) is 9.75. The largest absolute Gasteiger partial charge is 0.370 e. The van der Waals surface area contributed by atoms with Crippen molar-refractivity contribution in [1.29, 1.82) is 0 Å². The first-order valence-corrected chi connectivity index (χ1v) is 13.5. The average molecular weight is 515 g/mol. The highest BCUT2D eigenvalue weighted by Gasteiger charge is 2.55. The Morgan fingerprint density at radius 2 is 1.13 bits per heavy atom. The van der Waals surface area contributed by atoms with Crippen molar-refractivity contribution in [1.82, 2.24) is 0 Å². The number of allylic oxidation sites excluding steroid dienone is 1. The number of benzene rings is 3. The predicted octanol–water partition coefficient (Wildman–Crippen LogP) is 6.19. The number of rotatable bonds is 13. The molecule has 5 nitrogen and oxygen atoms in total. The molecule has 38 heavy (non-hydrogen) atoms. The van der Waals surface area contributed by atoms with Crippen LogP contribution < -0.4 is 0 Å². The molecular weight excluding hydrogens is 476 g/mol. The van der Waals surface area contributed by atoms with E-state index in [9.17, 15) is 0 Å². The molecule has 0 spiro atoms. The van der Waals surface area contributed by atoms with Gasteiger partial charge in [-0.3, -0.25) is 0 Å². The smallest absolute Gasteiger partial charge is 0.146 e. The van der Waals surface area contributed by atoms with Crippen LogP contribution in [0.25, 0.3) is 0 Å². The summed E-state index contributed by atoms with van der Waals surface area (Å²) < 4.78 is 31.2. The summed E-state index contributed by atoms with van der Waals surface area (Å²) >= 11 is 0. The Balaban J connectivity index is 1.41. The lowest BCUT2D eigenvalue weighted by Gasteiger charge is -2.34. The SMILES string of the molecule is COCOC[C@H]1CC=C[C@H]2[C@@H](OCc3ccccc3)[C@H](OCc3ccccc3)[C@@H](OCc3ccccc3)[C@H]12. The number of hydrogen-bond acceptors (Lipinski definition) is 5. The second-order valence-corrected chi connectivity index (χ2v) is 10.1. The lowest BCUT2D eigenvalue weighted by Crippen LogP contribution is -2.39. The van der Waals surface area contributed by atoms with Crippen LogP contribution in [0.1, 0.15) is 23.1 Å². The Morgan fingerprint density at radius 1 is 0.632 bits per heavy atom. The first kappa shape index (κ1) is 26.8. The van der Waals surface area contributed by atoms with Gasteiger partial charge in [-0.2, -0.15) is 0 Å². The van der Waals surface area contributed by atoms with E-state index in [0.717, 1.165) is 23.1 Å². The Morgan fingerprint density at radius 3 is 1.66 bits per heavy atom. The lowest BCUT2D eigenvalue weighted by atomic mass is 9.76. The molecule has 6 atom stereocenters. The molecule has 3 aromatic rings. The highest BCUT2D eigenvalue weighted by atomic mass is 16.7. The van der Waals surface area contributed by atoms with E-state index >= 15 is 0 Å². The van der Waals surface area contributed by atoms with E-state index in [1.54, 1.807) is 7.11 Å². The van der Waals surface area contributed by atoms with Crippen molar-refractivity contribution < 1.29 is 23.7 Å². The second kappa shape index (κ2) is 13.8. The van der Waals surface area contributed by atoms with Crippen molar-refractivity contribution in [2.24, 2.45) is 17.8 Å². The highest BCUT2D eigenvalue weighted by Crippen LogP contribution is 2.47. The van der Waals surface area contributed by atoms with E-state index < -0.39 is 0 Å². The molecule has 0 aromatic heterocycles. The van der Waals surface area contributed by atoms with Gasteiger partial charge in [-0.05, 0) is 29.0 Å². The number of hydrogen-bond donors (Lipinski definition) is 0. The van der Waals surface area contributed by atoms with Gasteiger partial charge in [0.15, 0.2) is 0 Å². The first-order valence-electron chi connectivity index (χ1n) is 13.5. The minimum atomic E-state index is -0.217. The van der Waals surface area contributed by atoms with Gasteiger partial charge >= 0.3 is 0 Å². The van der Waals surface area contributed by atoms with E-state index in [2.05, 4.69) is 72.8 Å². The molecule has 5 heteroatoms. The van der Waals surface area contributed by atoms with E-state index in [4.69, 9.17) is 23.7 Å². The molecule has 0 amide bonds. The predicted molar refractivity (Wildman–Crippen MR) is 147 cm³/mol. The third kappa shape index (κ3) is 6.79. The van der Waals surface area contributed by atoms with Gasteiger partial charge in [0.1, 0.15) is 12.9 Å². The summed E-state index contributed by atoms with van der Waals surface area (Å²) in [6.45, 7) is 2.47. The standard InChI is InChI=1S/C33H38O5/c1-34-24-35-23-28-18-11-19-29-30(28)32(37-21-26-14-7-3-8-15-26)33(38-22-27-16-9-4-10-17-27)31(29)36-20-25-12-5-2-6-13-25/h2-17,19,28-33H,18,20-24H2,1H3/t28-,29-,30-,31-,32+,33+/m1/s1. The van der Waals surface area contributed by atoms with Crippen molar-refractivity contribution in [2.75, 3.05) is 20.5 Å². The van der Waals surface area contributed by atoms with Crippen LogP contribution in [0.3, 0.4) is 0 Å². The van der Waals surface area contributed by atoms with Crippen molar-refractivity contribution in [2.45, 2.75) is 44.6 Å². The monoisotopic (exact) mass is 514 g/mol. The zero-order valence-corrected chi connectivity index (χ0v) is 22.1. The molecule has 3 aromatic carbocycles. The first-order chi connectivity index (χ1) is 18.8. The molecule has 0 radical (unpaired) electrons. The molecule has 0 N–H and O–H groups in total. The fourth-order valence-electron chi connectivity index (χ4n) is 5.81. The summed E-state index contributed by atoms with van der Waals surface area (Å²) in [5, 5.41) is 0. The molecule has 0 saturated heterocycles. The summed E-state index contributed by atoms with van der Waals surface area (Å²) in [6.07, 6.45) is 5.04. The van der Waals surface area contributed by atoms with Crippen LogP contribution in [0, 0.1) is 17.8 Å². The van der Waals surface area contributed by atoms with Crippen LogP contribution >= 0.6 is 0 Å². The van der Waals surface area contributed by atoms with Crippen LogP contribution in [0.4, 0.5) is 0 Å². The Labute approximate surface area is 226 Å².